The lowest BCUT2D eigenvalue weighted by Gasteiger charge is -2.22. The molecule has 0 spiro atoms. The molecule has 0 unspecified atom stereocenters. The van der Waals surface area contributed by atoms with Gasteiger partial charge in [0.15, 0.2) is 0 Å². The van der Waals surface area contributed by atoms with E-state index in [2.05, 4.69) is 26.2 Å². The van der Waals surface area contributed by atoms with E-state index in [-0.39, 0.29) is 17.9 Å². The summed E-state index contributed by atoms with van der Waals surface area (Å²) in [5.41, 5.74) is 0.280. The summed E-state index contributed by atoms with van der Waals surface area (Å²) in [6.45, 7) is 5.40. The van der Waals surface area contributed by atoms with Crippen molar-refractivity contribution in [3.05, 3.63) is 29.8 Å². The maximum Gasteiger partial charge on any atom is 0.255 e. The third-order valence-electron chi connectivity index (χ3n) is 6.22. The van der Waals surface area contributed by atoms with E-state index < -0.39 is 29.8 Å². The van der Waals surface area contributed by atoms with Gasteiger partial charge in [0.05, 0.1) is 18.6 Å². The summed E-state index contributed by atoms with van der Waals surface area (Å²) in [4.78, 5) is 53.3. The molecule has 35 heavy (non-hydrogen) atoms. The first-order chi connectivity index (χ1) is 16.9. The van der Waals surface area contributed by atoms with Crippen LogP contribution in [-0.2, 0) is 14.4 Å². The van der Waals surface area contributed by atoms with Crippen LogP contribution in [0.1, 0.15) is 55.8 Å². The van der Waals surface area contributed by atoms with E-state index in [4.69, 9.17) is 4.74 Å². The maximum absolute atomic E-state index is 13.1. The molecule has 4 N–H and O–H groups in total. The Morgan fingerprint density at radius 2 is 1.80 bits per heavy atom. The van der Waals surface area contributed by atoms with Gasteiger partial charge < -0.3 is 30.9 Å². The van der Waals surface area contributed by atoms with Crippen molar-refractivity contribution in [1.82, 2.24) is 26.2 Å². The smallest absolute Gasteiger partial charge is 0.255 e. The fourth-order valence-corrected chi connectivity index (χ4v) is 4.22. The number of ether oxygens (including phenoxy) is 1. The van der Waals surface area contributed by atoms with E-state index in [0.29, 0.717) is 38.4 Å². The fraction of sp³-hybridized carbons (Fsp3) is 0.600. The maximum atomic E-state index is 13.1. The monoisotopic (exact) mass is 487 g/mol. The Balaban J connectivity index is 1.70. The van der Waals surface area contributed by atoms with E-state index in [9.17, 15) is 19.2 Å². The van der Waals surface area contributed by atoms with E-state index in [0.717, 1.165) is 25.9 Å². The number of hydrogen-bond donors (Lipinski definition) is 4. The highest BCUT2D eigenvalue weighted by Gasteiger charge is 2.27. The van der Waals surface area contributed by atoms with Crippen molar-refractivity contribution in [2.45, 2.75) is 57.5 Å². The van der Waals surface area contributed by atoms with Gasteiger partial charge in [-0.25, -0.2) is 0 Å². The number of benzene rings is 1. The molecule has 2 atom stereocenters. The van der Waals surface area contributed by atoms with Gasteiger partial charge in [-0.3, -0.25) is 19.2 Å². The highest BCUT2D eigenvalue weighted by atomic mass is 16.5. The predicted octanol–water partition coefficient (Wildman–Crippen LogP) is 0.571. The van der Waals surface area contributed by atoms with Crippen molar-refractivity contribution in [2.75, 3.05) is 39.3 Å². The first-order valence-electron chi connectivity index (χ1n) is 12.5. The Hall–Kier alpha value is -3.14. The van der Waals surface area contributed by atoms with Gasteiger partial charge in [-0.15, -0.1) is 0 Å². The third kappa shape index (κ3) is 8.54. The van der Waals surface area contributed by atoms with Gasteiger partial charge in [-0.2, -0.15) is 0 Å². The van der Waals surface area contributed by atoms with Crippen LogP contribution in [0.15, 0.2) is 24.3 Å². The number of rotatable bonds is 4. The molecule has 2 aliphatic heterocycles. The first kappa shape index (κ1) is 26.5. The predicted molar refractivity (Wildman–Crippen MR) is 131 cm³/mol. The van der Waals surface area contributed by atoms with Crippen LogP contribution in [-0.4, -0.2) is 79.9 Å². The van der Waals surface area contributed by atoms with Crippen LogP contribution in [0.2, 0.25) is 0 Å². The van der Waals surface area contributed by atoms with Gasteiger partial charge in [0, 0.05) is 19.6 Å². The molecule has 10 heteroatoms. The molecule has 2 aliphatic rings. The SMILES string of the molecule is C[C@@H]1NC(=O)C[C@@H](C(=O)NCCN2CCCCCC2)NC(=O)c2ccccc2OCCCNC1=O. The molecule has 1 fully saturated rings. The highest BCUT2D eigenvalue weighted by molar-refractivity contribution is 6.01. The molecule has 3 rings (SSSR count). The Morgan fingerprint density at radius 1 is 1.06 bits per heavy atom. The second-order valence-electron chi connectivity index (χ2n) is 9.06. The molecule has 2 heterocycles. The van der Waals surface area contributed by atoms with Crippen LogP contribution < -0.4 is 26.0 Å². The number of likely N-dealkylation sites (tertiary alicyclic amines) is 1. The number of carbonyl (C=O) groups excluding carboxylic acids is 4. The minimum atomic E-state index is -1.10. The van der Waals surface area contributed by atoms with Gasteiger partial charge in [-0.05, 0) is 51.4 Å². The standard InChI is InChI=1S/C25H37N5O5/c1-18-23(32)26-11-8-16-35-21-10-5-4-9-19(21)24(33)29-20(17-22(31)28-18)25(34)27-12-15-30-13-6-2-3-7-14-30/h4-5,9-10,18,20H,2-3,6-8,11-17H2,1H3,(H,26,32)(H,27,34)(H,28,31)(H,29,33)/t18-,20-/m0/s1. The van der Waals surface area contributed by atoms with Gasteiger partial charge >= 0.3 is 0 Å². The molecule has 192 valence electrons. The van der Waals surface area contributed by atoms with E-state index in [1.165, 1.54) is 12.8 Å². The Morgan fingerprint density at radius 3 is 2.57 bits per heavy atom. The number of nitrogens with zero attached hydrogens (tertiary/aromatic N) is 1. The lowest BCUT2D eigenvalue weighted by atomic mass is 10.1. The topological polar surface area (TPSA) is 129 Å². The molecule has 0 aliphatic carbocycles. The van der Waals surface area contributed by atoms with E-state index in [1.54, 1.807) is 31.2 Å². The first-order valence-corrected chi connectivity index (χ1v) is 12.5. The largest absolute Gasteiger partial charge is 0.493 e. The summed E-state index contributed by atoms with van der Waals surface area (Å²) in [5.74, 6) is -1.39. The molecule has 0 saturated carbocycles. The second-order valence-corrected chi connectivity index (χ2v) is 9.06. The zero-order chi connectivity index (χ0) is 25.0. The van der Waals surface area contributed by atoms with Crippen molar-refractivity contribution in [2.24, 2.45) is 0 Å². The lowest BCUT2D eigenvalue weighted by molar-refractivity contribution is -0.130. The molecule has 1 aromatic rings. The number of nitrogens with one attached hydrogen (secondary N) is 4. The number of fused-ring (bicyclic) bond motifs is 1. The lowest BCUT2D eigenvalue weighted by Crippen LogP contribution is -2.52. The molecular formula is C25H37N5O5. The summed E-state index contributed by atoms with van der Waals surface area (Å²) in [7, 11) is 0. The Bertz CT molecular complexity index is 885. The minimum Gasteiger partial charge on any atom is -0.493 e. The van der Waals surface area contributed by atoms with Crippen molar-refractivity contribution >= 4 is 23.6 Å². The Labute approximate surface area is 206 Å². The zero-order valence-corrected chi connectivity index (χ0v) is 20.4. The average Bonchev–Trinajstić information content (AvgIpc) is 3.11. The van der Waals surface area contributed by atoms with Crippen LogP contribution in [0.4, 0.5) is 0 Å². The highest BCUT2D eigenvalue weighted by Crippen LogP contribution is 2.18. The van der Waals surface area contributed by atoms with E-state index >= 15 is 0 Å². The zero-order valence-electron chi connectivity index (χ0n) is 20.4. The number of carbonyl (C=O) groups is 4. The summed E-state index contributed by atoms with van der Waals surface area (Å²) >= 11 is 0. The number of para-hydroxylation sites is 1. The molecule has 0 radical (unpaired) electrons. The van der Waals surface area contributed by atoms with Gasteiger partial charge in [0.25, 0.3) is 5.91 Å². The van der Waals surface area contributed by atoms with Crippen LogP contribution >= 0.6 is 0 Å². The summed E-state index contributed by atoms with van der Waals surface area (Å²) in [6.07, 6.45) is 5.01. The molecule has 1 aromatic carbocycles. The number of hydrogen-bond acceptors (Lipinski definition) is 6. The Kier molecular flexibility index (Phi) is 10.3. The van der Waals surface area contributed by atoms with Gasteiger partial charge in [0.2, 0.25) is 17.7 Å². The third-order valence-corrected chi connectivity index (χ3v) is 6.22. The number of amides is 4. The summed E-state index contributed by atoms with van der Waals surface area (Å²) < 4.78 is 5.75. The van der Waals surface area contributed by atoms with Crippen molar-refractivity contribution in [3.8, 4) is 5.75 Å². The van der Waals surface area contributed by atoms with E-state index in [1.807, 2.05) is 0 Å². The van der Waals surface area contributed by atoms with Crippen LogP contribution in [0, 0.1) is 0 Å². The minimum absolute atomic E-state index is 0.280. The average molecular weight is 488 g/mol. The summed E-state index contributed by atoms with van der Waals surface area (Å²) in [5, 5.41) is 10.9. The van der Waals surface area contributed by atoms with Crippen molar-refractivity contribution in [3.63, 3.8) is 0 Å². The van der Waals surface area contributed by atoms with Gasteiger partial charge in [0.1, 0.15) is 17.8 Å². The second kappa shape index (κ2) is 13.7. The van der Waals surface area contributed by atoms with Crippen LogP contribution in [0.3, 0.4) is 0 Å². The van der Waals surface area contributed by atoms with Crippen LogP contribution in [0.25, 0.3) is 0 Å². The van der Waals surface area contributed by atoms with Gasteiger partial charge in [-0.1, -0.05) is 25.0 Å². The quantitative estimate of drug-likeness (QED) is 0.492. The van der Waals surface area contributed by atoms with Crippen molar-refractivity contribution in [1.29, 1.82) is 0 Å². The normalized spacial score (nSPS) is 23.2. The summed E-state index contributed by atoms with van der Waals surface area (Å²) in [6, 6.07) is 4.89. The molecule has 4 amide bonds. The molecule has 10 nitrogen and oxygen atoms in total. The molecule has 1 saturated heterocycles. The molecular weight excluding hydrogens is 450 g/mol. The molecule has 0 bridgehead atoms. The fourth-order valence-electron chi connectivity index (χ4n) is 4.22. The molecule has 0 aromatic heterocycles. The van der Waals surface area contributed by atoms with Crippen LogP contribution in [0.5, 0.6) is 5.75 Å². The van der Waals surface area contributed by atoms with Crippen molar-refractivity contribution < 1.29 is 23.9 Å².